The molecule has 32 heavy (non-hydrogen) atoms. The molecule has 4 rings (SSSR count). The number of hydrogen-bond donors (Lipinski definition) is 1. The van der Waals surface area contributed by atoms with E-state index >= 15 is 0 Å². The molecule has 0 atom stereocenters. The molecule has 1 fully saturated rings. The van der Waals surface area contributed by atoms with E-state index in [1.807, 2.05) is 6.07 Å². The van der Waals surface area contributed by atoms with Crippen molar-refractivity contribution in [1.29, 1.82) is 0 Å². The highest BCUT2D eigenvalue weighted by atomic mass is 32.2. The van der Waals surface area contributed by atoms with E-state index in [-0.39, 0.29) is 36.5 Å². The summed E-state index contributed by atoms with van der Waals surface area (Å²) < 4.78 is 69.2. The second-order valence-electron chi connectivity index (χ2n) is 8.00. The summed E-state index contributed by atoms with van der Waals surface area (Å²) >= 11 is 0. The second-order valence-corrected chi connectivity index (χ2v) is 9.93. The van der Waals surface area contributed by atoms with E-state index in [0.717, 1.165) is 30.9 Å². The first-order valence-electron chi connectivity index (χ1n) is 10.4. The number of rotatable bonds is 5. The number of ether oxygens (including phenoxy) is 1. The number of fused-ring (bicyclic) bond motifs is 1. The van der Waals surface area contributed by atoms with Crippen LogP contribution in [0.4, 0.5) is 18.9 Å². The predicted octanol–water partition coefficient (Wildman–Crippen LogP) is 4.11. The molecule has 2 aromatic rings. The zero-order valence-electron chi connectivity index (χ0n) is 17.2. The van der Waals surface area contributed by atoms with E-state index in [9.17, 15) is 26.4 Å². The average molecular weight is 468 g/mol. The van der Waals surface area contributed by atoms with Gasteiger partial charge >= 0.3 is 6.36 Å². The SMILES string of the molecule is O=C(Nc1ccccc1OC(F)(F)F)C1CCN(S(=O)(=O)c2ccc3c(c2)CCC3)CC1. The van der Waals surface area contributed by atoms with Gasteiger partial charge in [-0.3, -0.25) is 4.79 Å². The first-order valence-corrected chi connectivity index (χ1v) is 11.8. The Morgan fingerprint density at radius 2 is 1.72 bits per heavy atom. The van der Waals surface area contributed by atoms with Crippen molar-refractivity contribution in [2.24, 2.45) is 5.92 Å². The molecule has 2 aromatic carbocycles. The maximum Gasteiger partial charge on any atom is 0.573 e. The van der Waals surface area contributed by atoms with Gasteiger partial charge in [-0.05, 0) is 67.5 Å². The van der Waals surface area contributed by atoms with Crippen molar-refractivity contribution in [3.8, 4) is 5.75 Å². The number of hydrogen-bond acceptors (Lipinski definition) is 4. The van der Waals surface area contributed by atoms with Crippen LogP contribution in [0.2, 0.25) is 0 Å². The first kappa shape index (κ1) is 22.6. The lowest BCUT2D eigenvalue weighted by Crippen LogP contribution is -2.41. The number of anilines is 1. The maximum atomic E-state index is 13.0. The minimum atomic E-state index is -4.88. The monoisotopic (exact) mass is 468 g/mol. The van der Waals surface area contributed by atoms with Gasteiger partial charge in [-0.1, -0.05) is 18.2 Å². The number of halogens is 3. The molecule has 1 N–H and O–H groups in total. The van der Waals surface area contributed by atoms with E-state index in [0.29, 0.717) is 0 Å². The van der Waals surface area contributed by atoms with Gasteiger partial charge < -0.3 is 10.1 Å². The van der Waals surface area contributed by atoms with E-state index < -0.39 is 34.0 Å². The molecule has 172 valence electrons. The molecule has 2 aliphatic rings. The summed E-state index contributed by atoms with van der Waals surface area (Å²) in [5.74, 6) is -1.47. The number of para-hydroxylation sites is 2. The number of benzene rings is 2. The molecular formula is C22H23F3N2O4S. The molecule has 0 radical (unpaired) electrons. The highest BCUT2D eigenvalue weighted by Gasteiger charge is 2.34. The van der Waals surface area contributed by atoms with Crippen molar-refractivity contribution < 1.29 is 31.1 Å². The Balaban J connectivity index is 1.39. The summed E-state index contributed by atoms with van der Waals surface area (Å²) in [7, 11) is -3.66. The van der Waals surface area contributed by atoms with E-state index in [4.69, 9.17) is 0 Å². The normalized spacial score (nSPS) is 17.7. The molecule has 0 saturated carbocycles. The fourth-order valence-corrected chi connectivity index (χ4v) is 5.76. The topological polar surface area (TPSA) is 75.7 Å². The number of amides is 1. The highest BCUT2D eigenvalue weighted by Crippen LogP contribution is 2.32. The zero-order valence-corrected chi connectivity index (χ0v) is 18.0. The Morgan fingerprint density at radius 1 is 1.03 bits per heavy atom. The van der Waals surface area contributed by atoms with Crippen LogP contribution in [0.15, 0.2) is 47.4 Å². The largest absolute Gasteiger partial charge is 0.573 e. The molecule has 1 aliphatic carbocycles. The van der Waals surface area contributed by atoms with Gasteiger partial charge in [0.25, 0.3) is 0 Å². The van der Waals surface area contributed by atoms with Crippen molar-refractivity contribution >= 4 is 21.6 Å². The van der Waals surface area contributed by atoms with Gasteiger partial charge in [0.1, 0.15) is 0 Å². The molecular weight excluding hydrogens is 445 g/mol. The van der Waals surface area contributed by atoms with Crippen molar-refractivity contribution in [3.63, 3.8) is 0 Å². The molecule has 1 heterocycles. The lowest BCUT2D eigenvalue weighted by atomic mass is 9.97. The Morgan fingerprint density at radius 3 is 2.44 bits per heavy atom. The van der Waals surface area contributed by atoms with Gasteiger partial charge in [-0.25, -0.2) is 8.42 Å². The van der Waals surface area contributed by atoms with Gasteiger partial charge in [0.05, 0.1) is 10.6 Å². The van der Waals surface area contributed by atoms with Gasteiger partial charge in [0, 0.05) is 19.0 Å². The van der Waals surface area contributed by atoms with Crippen LogP contribution in [0.5, 0.6) is 5.75 Å². The van der Waals surface area contributed by atoms with Crippen LogP contribution in [0, 0.1) is 5.92 Å². The van der Waals surface area contributed by atoms with E-state index in [1.54, 1.807) is 12.1 Å². The number of sulfonamides is 1. The lowest BCUT2D eigenvalue weighted by molar-refractivity contribution is -0.274. The Kier molecular flexibility index (Phi) is 6.17. The summed E-state index contributed by atoms with van der Waals surface area (Å²) in [6, 6.07) is 10.6. The summed E-state index contributed by atoms with van der Waals surface area (Å²) in [5.41, 5.74) is 2.18. The standard InChI is InChI=1S/C22H23F3N2O4S/c23-22(24,25)31-20-7-2-1-6-19(20)26-21(28)16-10-12-27(13-11-16)32(29,30)18-9-8-15-4-3-5-17(15)14-18/h1-2,6-9,14,16H,3-5,10-13H2,(H,26,28). The number of aryl methyl sites for hydroxylation is 2. The molecule has 1 saturated heterocycles. The van der Waals surface area contributed by atoms with E-state index in [1.165, 1.54) is 28.1 Å². The molecule has 0 spiro atoms. The van der Waals surface area contributed by atoms with Gasteiger partial charge in [0.2, 0.25) is 15.9 Å². The minimum absolute atomic E-state index is 0.0805. The first-order chi connectivity index (χ1) is 15.1. The summed E-state index contributed by atoms with van der Waals surface area (Å²) in [5, 5.41) is 2.48. The summed E-state index contributed by atoms with van der Waals surface area (Å²) in [4.78, 5) is 12.9. The molecule has 0 aromatic heterocycles. The Bertz CT molecular complexity index is 1110. The van der Waals surface area contributed by atoms with Crippen molar-refractivity contribution in [1.82, 2.24) is 4.31 Å². The zero-order chi connectivity index (χ0) is 22.9. The second kappa shape index (κ2) is 8.74. The molecule has 6 nitrogen and oxygen atoms in total. The summed E-state index contributed by atoms with van der Waals surface area (Å²) in [6.07, 6.45) is -1.46. The van der Waals surface area contributed by atoms with Crippen LogP contribution in [-0.4, -0.2) is 38.1 Å². The van der Waals surface area contributed by atoms with Gasteiger partial charge in [-0.2, -0.15) is 4.31 Å². The van der Waals surface area contributed by atoms with Crippen molar-refractivity contribution in [2.45, 2.75) is 43.4 Å². The van der Waals surface area contributed by atoms with Gasteiger partial charge in [-0.15, -0.1) is 13.2 Å². The molecule has 10 heteroatoms. The lowest BCUT2D eigenvalue weighted by Gasteiger charge is -2.30. The predicted molar refractivity (Wildman–Crippen MR) is 112 cm³/mol. The van der Waals surface area contributed by atoms with Crippen LogP contribution in [0.1, 0.15) is 30.4 Å². The number of alkyl halides is 3. The number of nitrogens with one attached hydrogen (secondary N) is 1. The Hall–Kier alpha value is -2.59. The quantitative estimate of drug-likeness (QED) is 0.717. The number of nitrogens with zero attached hydrogens (tertiary/aromatic N) is 1. The van der Waals surface area contributed by atoms with Crippen LogP contribution >= 0.6 is 0 Å². The van der Waals surface area contributed by atoms with Crippen molar-refractivity contribution in [2.75, 3.05) is 18.4 Å². The smallest absolute Gasteiger partial charge is 0.404 e. The number of carbonyl (C=O) groups is 1. The fraction of sp³-hybridized carbons (Fsp3) is 0.409. The third kappa shape index (κ3) is 4.91. The third-order valence-corrected chi connectivity index (χ3v) is 7.80. The van der Waals surface area contributed by atoms with Crippen LogP contribution < -0.4 is 10.1 Å². The third-order valence-electron chi connectivity index (χ3n) is 5.90. The molecule has 1 aliphatic heterocycles. The van der Waals surface area contributed by atoms with E-state index in [2.05, 4.69) is 10.1 Å². The van der Waals surface area contributed by atoms with Crippen LogP contribution in [0.3, 0.4) is 0 Å². The maximum absolute atomic E-state index is 13.0. The highest BCUT2D eigenvalue weighted by molar-refractivity contribution is 7.89. The van der Waals surface area contributed by atoms with Crippen molar-refractivity contribution in [3.05, 3.63) is 53.6 Å². The van der Waals surface area contributed by atoms with Crippen LogP contribution in [0.25, 0.3) is 0 Å². The van der Waals surface area contributed by atoms with Gasteiger partial charge in [0.15, 0.2) is 5.75 Å². The number of carbonyl (C=O) groups excluding carboxylic acids is 1. The Labute approximate surface area is 184 Å². The number of piperidine rings is 1. The molecule has 1 amide bonds. The molecule has 0 unspecified atom stereocenters. The average Bonchev–Trinajstić information content (AvgIpc) is 3.22. The van der Waals surface area contributed by atoms with Crippen LogP contribution in [-0.2, 0) is 27.7 Å². The minimum Gasteiger partial charge on any atom is -0.404 e. The fourth-order valence-electron chi connectivity index (χ4n) is 4.23. The molecule has 0 bridgehead atoms. The summed E-state index contributed by atoms with van der Waals surface area (Å²) in [6.45, 7) is 0.330.